The van der Waals surface area contributed by atoms with Gasteiger partial charge in [-0.1, -0.05) is 23.7 Å². The zero-order valence-electron chi connectivity index (χ0n) is 7.39. The van der Waals surface area contributed by atoms with Crippen LogP contribution >= 0.6 is 24.2 Å². The lowest BCUT2D eigenvalue weighted by molar-refractivity contribution is 0.860. The third kappa shape index (κ3) is 1.79. The molecule has 2 rings (SSSR count). The molecule has 0 N–H and O–H groups in total. The number of benzene rings is 1. The standard InChI is InChI=1S/C10H9ClN2S/c11-9-3-1-2-4-10(9)13-6-5-8(7-14)12-13/h1-6,14H,7H2. The van der Waals surface area contributed by atoms with Gasteiger partial charge in [-0.05, 0) is 18.2 Å². The molecular formula is C10H9ClN2S. The minimum Gasteiger partial charge on any atom is -0.239 e. The van der Waals surface area contributed by atoms with E-state index in [1.165, 1.54) is 0 Å². The van der Waals surface area contributed by atoms with Gasteiger partial charge < -0.3 is 0 Å². The summed E-state index contributed by atoms with van der Waals surface area (Å²) < 4.78 is 1.76. The minimum absolute atomic E-state index is 0.636. The van der Waals surface area contributed by atoms with Crippen LogP contribution in [0.4, 0.5) is 0 Å². The number of aromatic nitrogens is 2. The van der Waals surface area contributed by atoms with Gasteiger partial charge in [0.05, 0.1) is 16.4 Å². The maximum atomic E-state index is 6.03. The van der Waals surface area contributed by atoms with Crippen LogP contribution in [0.25, 0.3) is 5.69 Å². The lowest BCUT2D eigenvalue weighted by Gasteiger charge is -2.02. The molecule has 0 saturated carbocycles. The SMILES string of the molecule is SCc1ccn(-c2ccccc2Cl)n1. The van der Waals surface area contributed by atoms with Crippen molar-refractivity contribution in [2.75, 3.05) is 0 Å². The van der Waals surface area contributed by atoms with Crippen molar-refractivity contribution in [3.63, 3.8) is 0 Å². The zero-order valence-corrected chi connectivity index (χ0v) is 9.04. The first-order valence-electron chi connectivity index (χ1n) is 4.21. The molecule has 0 fully saturated rings. The van der Waals surface area contributed by atoms with Crippen molar-refractivity contribution in [3.8, 4) is 5.69 Å². The van der Waals surface area contributed by atoms with Gasteiger partial charge in [0.25, 0.3) is 0 Å². The monoisotopic (exact) mass is 224 g/mol. The third-order valence-electron chi connectivity index (χ3n) is 1.91. The maximum absolute atomic E-state index is 6.03. The Labute approximate surface area is 92.9 Å². The molecule has 0 aliphatic heterocycles. The summed E-state index contributed by atoms with van der Waals surface area (Å²) in [5.74, 6) is 0.636. The highest BCUT2D eigenvalue weighted by Crippen LogP contribution is 2.19. The zero-order chi connectivity index (χ0) is 9.97. The average Bonchev–Trinajstić information content (AvgIpc) is 2.67. The molecular weight excluding hydrogens is 216 g/mol. The summed E-state index contributed by atoms with van der Waals surface area (Å²) in [6.45, 7) is 0. The molecule has 1 aromatic carbocycles. The van der Waals surface area contributed by atoms with Crippen LogP contribution in [0.3, 0.4) is 0 Å². The minimum atomic E-state index is 0.636. The molecule has 0 atom stereocenters. The van der Waals surface area contributed by atoms with Crippen molar-refractivity contribution in [1.29, 1.82) is 0 Å². The Morgan fingerprint density at radius 2 is 2.07 bits per heavy atom. The van der Waals surface area contributed by atoms with Crippen LogP contribution in [0.15, 0.2) is 36.5 Å². The first-order valence-corrected chi connectivity index (χ1v) is 5.22. The van der Waals surface area contributed by atoms with Gasteiger partial charge in [-0.15, -0.1) is 0 Å². The predicted octanol–water partition coefficient (Wildman–Crippen LogP) is 2.96. The molecule has 2 nitrogen and oxygen atoms in total. The molecule has 72 valence electrons. The molecule has 0 radical (unpaired) electrons. The number of thiol groups is 1. The van der Waals surface area contributed by atoms with Crippen molar-refractivity contribution in [2.45, 2.75) is 5.75 Å². The number of halogens is 1. The van der Waals surface area contributed by atoms with E-state index in [-0.39, 0.29) is 0 Å². The van der Waals surface area contributed by atoms with E-state index in [2.05, 4.69) is 17.7 Å². The molecule has 0 bridgehead atoms. The second-order valence-corrected chi connectivity index (χ2v) is 3.58. The van der Waals surface area contributed by atoms with Gasteiger partial charge in [-0.25, -0.2) is 4.68 Å². The summed E-state index contributed by atoms with van der Waals surface area (Å²) >= 11 is 10.2. The smallest absolute Gasteiger partial charge is 0.0831 e. The molecule has 0 aliphatic rings. The van der Waals surface area contributed by atoms with Gasteiger partial charge in [0.15, 0.2) is 0 Å². The van der Waals surface area contributed by atoms with Gasteiger partial charge in [0, 0.05) is 11.9 Å². The molecule has 4 heteroatoms. The highest BCUT2D eigenvalue weighted by molar-refractivity contribution is 7.79. The molecule has 1 aromatic heterocycles. The summed E-state index contributed by atoms with van der Waals surface area (Å²) in [7, 11) is 0. The lowest BCUT2D eigenvalue weighted by atomic mass is 10.3. The topological polar surface area (TPSA) is 17.8 Å². The largest absolute Gasteiger partial charge is 0.239 e. The number of para-hydroxylation sites is 1. The Morgan fingerprint density at radius 3 is 2.71 bits per heavy atom. The molecule has 2 aromatic rings. The van der Waals surface area contributed by atoms with Gasteiger partial charge in [-0.2, -0.15) is 17.7 Å². The van der Waals surface area contributed by atoms with Crippen molar-refractivity contribution in [2.24, 2.45) is 0 Å². The van der Waals surface area contributed by atoms with Gasteiger partial charge in [-0.3, -0.25) is 0 Å². The number of hydrogen-bond acceptors (Lipinski definition) is 2. The van der Waals surface area contributed by atoms with Crippen LogP contribution in [-0.2, 0) is 5.75 Å². The van der Waals surface area contributed by atoms with E-state index in [9.17, 15) is 0 Å². The summed E-state index contributed by atoms with van der Waals surface area (Å²) in [6.07, 6.45) is 1.88. The van der Waals surface area contributed by atoms with Gasteiger partial charge in [0.1, 0.15) is 0 Å². The van der Waals surface area contributed by atoms with E-state index < -0.39 is 0 Å². The van der Waals surface area contributed by atoms with Gasteiger partial charge >= 0.3 is 0 Å². The number of rotatable bonds is 2. The van der Waals surface area contributed by atoms with Crippen LogP contribution < -0.4 is 0 Å². The van der Waals surface area contributed by atoms with E-state index in [4.69, 9.17) is 11.6 Å². The fourth-order valence-electron chi connectivity index (χ4n) is 1.22. The average molecular weight is 225 g/mol. The molecule has 0 amide bonds. The van der Waals surface area contributed by atoms with E-state index in [1.807, 2.05) is 36.5 Å². The summed E-state index contributed by atoms with van der Waals surface area (Å²) in [4.78, 5) is 0. The summed E-state index contributed by atoms with van der Waals surface area (Å²) in [5, 5.41) is 5.01. The highest BCUT2D eigenvalue weighted by Gasteiger charge is 2.02. The molecule has 0 spiro atoms. The molecule has 0 aliphatic carbocycles. The van der Waals surface area contributed by atoms with Crippen LogP contribution in [0.2, 0.25) is 5.02 Å². The predicted molar refractivity (Wildman–Crippen MR) is 61.3 cm³/mol. The van der Waals surface area contributed by atoms with Crippen molar-refractivity contribution >= 4 is 24.2 Å². The number of nitrogens with zero attached hydrogens (tertiary/aromatic N) is 2. The maximum Gasteiger partial charge on any atom is 0.0831 e. The van der Waals surface area contributed by atoms with Crippen LogP contribution in [0.1, 0.15) is 5.69 Å². The number of hydrogen-bond donors (Lipinski definition) is 1. The first kappa shape index (κ1) is 9.62. The molecule has 0 saturated heterocycles. The Morgan fingerprint density at radius 1 is 1.29 bits per heavy atom. The van der Waals surface area contributed by atoms with E-state index in [0.29, 0.717) is 10.8 Å². The Balaban J connectivity index is 2.44. The molecule has 1 heterocycles. The summed E-state index contributed by atoms with van der Waals surface area (Å²) in [5.41, 5.74) is 1.83. The van der Waals surface area contributed by atoms with Crippen molar-refractivity contribution in [3.05, 3.63) is 47.2 Å². The van der Waals surface area contributed by atoms with E-state index >= 15 is 0 Å². The van der Waals surface area contributed by atoms with Crippen LogP contribution in [0.5, 0.6) is 0 Å². The first-order chi connectivity index (χ1) is 6.81. The molecule has 0 unspecified atom stereocenters. The van der Waals surface area contributed by atoms with Crippen molar-refractivity contribution in [1.82, 2.24) is 9.78 Å². The van der Waals surface area contributed by atoms with Gasteiger partial charge in [0.2, 0.25) is 0 Å². The molecule has 14 heavy (non-hydrogen) atoms. The highest BCUT2D eigenvalue weighted by atomic mass is 35.5. The normalized spacial score (nSPS) is 10.4. The Hall–Kier alpha value is -0.930. The fourth-order valence-corrected chi connectivity index (χ4v) is 1.61. The quantitative estimate of drug-likeness (QED) is 0.777. The third-order valence-corrected chi connectivity index (χ3v) is 2.55. The van der Waals surface area contributed by atoms with Crippen molar-refractivity contribution < 1.29 is 0 Å². The van der Waals surface area contributed by atoms with E-state index in [0.717, 1.165) is 11.4 Å². The fraction of sp³-hybridized carbons (Fsp3) is 0.100. The Kier molecular flexibility index (Phi) is 2.79. The van der Waals surface area contributed by atoms with E-state index in [1.54, 1.807) is 4.68 Å². The Bertz CT molecular complexity index is 439. The van der Waals surface area contributed by atoms with Crippen LogP contribution in [0, 0.1) is 0 Å². The lowest BCUT2D eigenvalue weighted by Crippen LogP contribution is -1.95. The second-order valence-electron chi connectivity index (χ2n) is 2.86. The second kappa shape index (κ2) is 4.07. The summed E-state index contributed by atoms with van der Waals surface area (Å²) in [6, 6.07) is 9.53. The van der Waals surface area contributed by atoms with Crippen LogP contribution in [-0.4, -0.2) is 9.78 Å².